The molecule has 3 aliphatic rings. The van der Waals surface area contributed by atoms with Gasteiger partial charge in [-0.15, -0.1) is 0 Å². The summed E-state index contributed by atoms with van der Waals surface area (Å²) in [7, 11) is -2.88. The molecule has 1 aromatic heterocycles. The molecule has 0 spiro atoms. The van der Waals surface area contributed by atoms with Crippen LogP contribution in [0.5, 0.6) is 0 Å². The zero-order valence-electron chi connectivity index (χ0n) is 24.6. The summed E-state index contributed by atoms with van der Waals surface area (Å²) < 4.78 is 38.1. The van der Waals surface area contributed by atoms with E-state index in [2.05, 4.69) is 9.88 Å². The van der Waals surface area contributed by atoms with E-state index in [1.54, 1.807) is 36.4 Å². The van der Waals surface area contributed by atoms with Crippen LogP contribution in [-0.2, 0) is 29.9 Å². The summed E-state index contributed by atoms with van der Waals surface area (Å²) in [4.78, 5) is 29.6. The number of fused-ring (bicyclic) bond motifs is 4. The molecule has 1 saturated carbocycles. The largest absolute Gasteiger partial charge is 0.467 e. The van der Waals surface area contributed by atoms with E-state index >= 15 is 0 Å². The van der Waals surface area contributed by atoms with Crippen molar-refractivity contribution in [3.05, 3.63) is 96.7 Å². The third kappa shape index (κ3) is 4.34. The van der Waals surface area contributed by atoms with Crippen LogP contribution in [0.15, 0.2) is 96.0 Å². The number of amides is 1. The molecular formula is C34H36N4O5S. The molecule has 7 rings (SSSR count). The number of anilines is 1. The molecule has 0 radical (unpaired) electrons. The number of rotatable bonds is 7. The molecule has 1 N–H and O–H groups in total. The number of benzene rings is 3. The number of nitrogens with zero attached hydrogens (tertiary/aromatic N) is 3. The summed E-state index contributed by atoms with van der Waals surface area (Å²) in [5.41, 5.74) is 0.987. The minimum Gasteiger partial charge on any atom is -0.467 e. The van der Waals surface area contributed by atoms with Crippen molar-refractivity contribution < 1.29 is 22.7 Å². The van der Waals surface area contributed by atoms with Crippen LogP contribution < -0.4 is 9.62 Å². The normalized spacial score (nSPS) is 23.5. The molecule has 3 aromatic carbocycles. The van der Waals surface area contributed by atoms with Gasteiger partial charge in [-0.05, 0) is 48.6 Å². The van der Waals surface area contributed by atoms with E-state index in [0.717, 1.165) is 42.1 Å². The highest BCUT2D eigenvalue weighted by molar-refractivity contribution is 7.92. The number of hydrogen-bond acceptors (Lipinski definition) is 6. The van der Waals surface area contributed by atoms with Crippen LogP contribution in [0.25, 0.3) is 10.9 Å². The third-order valence-electron chi connectivity index (χ3n) is 9.60. The quantitative estimate of drug-likeness (QED) is 0.306. The van der Waals surface area contributed by atoms with Gasteiger partial charge in [-0.25, -0.2) is 17.5 Å². The number of esters is 1. The van der Waals surface area contributed by atoms with Gasteiger partial charge in [0.15, 0.2) is 0 Å². The van der Waals surface area contributed by atoms with Gasteiger partial charge in [0, 0.05) is 29.7 Å². The Kier molecular flexibility index (Phi) is 7.21. The first kappa shape index (κ1) is 28.6. The van der Waals surface area contributed by atoms with Crippen LogP contribution in [0, 0.1) is 0 Å². The number of ether oxygens (including phenoxy) is 1. The molecule has 4 aromatic rings. The lowest BCUT2D eigenvalue weighted by atomic mass is 9.86. The van der Waals surface area contributed by atoms with Gasteiger partial charge in [-0.3, -0.25) is 4.79 Å². The Hall–Kier alpha value is -4.15. The fourth-order valence-electron chi connectivity index (χ4n) is 7.64. The van der Waals surface area contributed by atoms with E-state index in [0.29, 0.717) is 5.69 Å². The second kappa shape index (κ2) is 11.1. The maximum atomic E-state index is 14.7. The average Bonchev–Trinajstić information content (AvgIpc) is 3.73. The first-order chi connectivity index (χ1) is 21.4. The standard InChI is InChI=1S/C34H36N4O5S/c1-43-32(40)30-22-34(36-21-20-24-12-8-10-18-28(24)36)27-17-9-11-19-29(27)38(44(41,42)26-15-6-3-7-16-26)33(34)37(30)31(39)23-35-25-13-4-2-5-14-25/h3,6-12,15-21,25,30,33,35H,2,4-5,13-14,22-23H2,1H3/t30-,33-,34-/m1/s1. The van der Waals surface area contributed by atoms with Gasteiger partial charge in [-0.2, -0.15) is 0 Å². The van der Waals surface area contributed by atoms with Crippen molar-refractivity contribution in [3.8, 4) is 0 Å². The molecule has 1 amide bonds. The molecule has 3 heterocycles. The Morgan fingerprint density at radius 1 is 0.909 bits per heavy atom. The second-order valence-corrected chi connectivity index (χ2v) is 13.7. The smallest absolute Gasteiger partial charge is 0.328 e. The summed E-state index contributed by atoms with van der Waals surface area (Å²) >= 11 is 0. The Labute approximate surface area is 257 Å². The van der Waals surface area contributed by atoms with Crippen molar-refractivity contribution in [3.63, 3.8) is 0 Å². The topological polar surface area (TPSA) is 101 Å². The van der Waals surface area contributed by atoms with Crippen molar-refractivity contribution >= 4 is 38.5 Å². The minimum absolute atomic E-state index is 0.00721. The van der Waals surface area contributed by atoms with Crippen molar-refractivity contribution in [2.24, 2.45) is 0 Å². The number of carbonyl (C=O) groups excluding carboxylic acids is 2. The monoisotopic (exact) mass is 612 g/mol. The van der Waals surface area contributed by atoms with E-state index in [1.165, 1.54) is 22.7 Å². The highest BCUT2D eigenvalue weighted by Crippen LogP contribution is 2.57. The molecule has 1 saturated heterocycles. The number of methoxy groups -OCH3 is 1. The van der Waals surface area contributed by atoms with Gasteiger partial charge in [0.25, 0.3) is 10.0 Å². The van der Waals surface area contributed by atoms with Gasteiger partial charge in [-0.1, -0.05) is 73.9 Å². The SMILES string of the molecule is COC(=O)[C@H]1C[C@@]2(n3ccc4ccccc43)c3ccccc3N(S(=O)(=O)c3ccccc3)[C@H]2N1C(=O)CNC1CCCCC1. The first-order valence-corrected chi connectivity index (χ1v) is 16.7. The molecule has 9 nitrogen and oxygen atoms in total. The molecule has 10 heteroatoms. The number of para-hydroxylation sites is 2. The van der Waals surface area contributed by atoms with Gasteiger partial charge in [0.05, 0.1) is 24.2 Å². The number of sulfonamides is 1. The Bertz CT molecular complexity index is 1820. The Morgan fingerprint density at radius 2 is 1.61 bits per heavy atom. The highest BCUT2D eigenvalue weighted by atomic mass is 32.2. The molecule has 44 heavy (non-hydrogen) atoms. The summed E-state index contributed by atoms with van der Waals surface area (Å²) in [5.74, 6) is -0.911. The molecule has 3 atom stereocenters. The van der Waals surface area contributed by atoms with E-state index in [9.17, 15) is 18.0 Å². The fourth-order valence-corrected chi connectivity index (χ4v) is 9.33. The van der Waals surface area contributed by atoms with Crippen LogP contribution in [0.1, 0.15) is 44.1 Å². The number of likely N-dealkylation sites (tertiary alicyclic amines) is 1. The van der Waals surface area contributed by atoms with Crippen molar-refractivity contribution in [1.29, 1.82) is 0 Å². The second-order valence-electron chi connectivity index (χ2n) is 11.9. The summed E-state index contributed by atoms with van der Waals surface area (Å²) in [6.45, 7) is -0.00721. The molecule has 0 unspecified atom stereocenters. The van der Waals surface area contributed by atoms with Gasteiger partial charge in [0.1, 0.15) is 17.7 Å². The Morgan fingerprint density at radius 3 is 2.39 bits per heavy atom. The minimum atomic E-state index is -4.19. The van der Waals surface area contributed by atoms with E-state index in [1.807, 2.05) is 54.7 Å². The third-order valence-corrected chi connectivity index (χ3v) is 11.4. The Balaban J connectivity index is 1.45. The molecule has 0 bridgehead atoms. The first-order valence-electron chi connectivity index (χ1n) is 15.3. The predicted octanol–water partition coefficient (Wildman–Crippen LogP) is 4.62. The maximum absolute atomic E-state index is 14.7. The summed E-state index contributed by atoms with van der Waals surface area (Å²) in [6.07, 6.45) is 6.38. The van der Waals surface area contributed by atoms with Crippen LogP contribution >= 0.6 is 0 Å². The molecular weight excluding hydrogens is 576 g/mol. The van der Waals surface area contributed by atoms with Crippen molar-refractivity contribution in [1.82, 2.24) is 14.8 Å². The molecule has 2 fully saturated rings. The summed E-state index contributed by atoms with van der Waals surface area (Å²) in [5, 5.41) is 4.39. The number of nitrogens with one attached hydrogen (secondary N) is 1. The lowest BCUT2D eigenvalue weighted by Crippen LogP contribution is -2.59. The van der Waals surface area contributed by atoms with E-state index in [-0.39, 0.29) is 29.8 Å². The molecule has 228 valence electrons. The van der Waals surface area contributed by atoms with Gasteiger partial charge < -0.3 is 19.5 Å². The zero-order chi connectivity index (χ0) is 30.5. The van der Waals surface area contributed by atoms with E-state index in [4.69, 9.17) is 4.74 Å². The van der Waals surface area contributed by atoms with Crippen LogP contribution in [0.2, 0.25) is 0 Å². The lowest BCUT2D eigenvalue weighted by molar-refractivity contribution is -0.151. The summed E-state index contributed by atoms with van der Waals surface area (Å²) in [6, 6.07) is 24.7. The number of hydrogen-bond donors (Lipinski definition) is 1. The fraction of sp³-hybridized carbons (Fsp3) is 0.353. The van der Waals surface area contributed by atoms with Gasteiger partial charge >= 0.3 is 5.97 Å². The number of aromatic nitrogens is 1. The zero-order valence-corrected chi connectivity index (χ0v) is 25.4. The van der Waals surface area contributed by atoms with Gasteiger partial charge in [0.2, 0.25) is 5.91 Å². The van der Waals surface area contributed by atoms with Crippen LogP contribution in [-0.4, -0.2) is 61.7 Å². The highest BCUT2D eigenvalue weighted by Gasteiger charge is 2.67. The average molecular weight is 613 g/mol. The maximum Gasteiger partial charge on any atom is 0.328 e. The lowest BCUT2D eigenvalue weighted by Gasteiger charge is -2.39. The van der Waals surface area contributed by atoms with Crippen molar-refractivity contribution in [2.75, 3.05) is 18.0 Å². The number of carbonyl (C=O) groups is 2. The van der Waals surface area contributed by atoms with Crippen molar-refractivity contribution in [2.45, 2.75) is 67.2 Å². The molecule has 1 aliphatic carbocycles. The molecule has 2 aliphatic heterocycles. The van der Waals surface area contributed by atoms with E-state index < -0.39 is 33.7 Å². The van der Waals surface area contributed by atoms with Crippen LogP contribution in [0.4, 0.5) is 5.69 Å². The predicted molar refractivity (Wildman–Crippen MR) is 167 cm³/mol. The van der Waals surface area contributed by atoms with Crippen LogP contribution in [0.3, 0.4) is 0 Å².